The molecule has 1 saturated heterocycles. The maximum absolute atomic E-state index is 10.3. The molecule has 0 radical (unpaired) electrons. The highest BCUT2D eigenvalue weighted by molar-refractivity contribution is 14.0. The van der Waals surface area contributed by atoms with E-state index in [1.54, 1.807) is 0 Å². The second-order valence-electron chi connectivity index (χ2n) is 6.89. The molecule has 0 bridgehead atoms. The molecule has 1 aromatic carbocycles. The van der Waals surface area contributed by atoms with Gasteiger partial charge in [-0.2, -0.15) is 0 Å². The van der Waals surface area contributed by atoms with Crippen molar-refractivity contribution in [1.82, 2.24) is 10.2 Å². The third-order valence-corrected chi connectivity index (χ3v) is 4.27. The van der Waals surface area contributed by atoms with Crippen molar-refractivity contribution < 1.29 is 5.11 Å². The van der Waals surface area contributed by atoms with Gasteiger partial charge in [-0.1, -0.05) is 44.2 Å². The molecule has 1 aliphatic rings. The molecular weight excluding hydrogens is 413 g/mol. The summed E-state index contributed by atoms with van der Waals surface area (Å²) in [6, 6.07) is 10.1. The number of hydrogen-bond donors (Lipinski definition) is 2. The minimum atomic E-state index is -0.439. The van der Waals surface area contributed by atoms with E-state index in [0.29, 0.717) is 24.8 Å². The normalized spacial score (nSPS) is 22.7. The molecule has 5 heteroatoms. The molecule has 24 heavy (non-hydrogen) atoms. The highest BCUT2D eigenvalue weighted by Gasteiger charge is 2.24. The van der Waals surface area contributed by atoms with Gasteiger partial charge in [-0.3, -0.25) is 4.99 Å². The van der Waals surface area contributed by atoms with Crippen LogP contribution < -0.4 is 5.32 Å². The van der Waals surface area contributed by atoms with E-state index in [4.69, 9.17) is 0 Å². The van der Waals surface area contributed by atoms with Crippen molar-refractivity contribution in [2.45, 2.75) is 39.7 Å². The number of nitrogens with zero attached hydrogens (tertiary/aromatic N) is 2. The average molecular weight is 445 g/mol. The molecule has 2 N–H and O–H groups in total. The molecule has 0 amide bonds. The molecule has 1 aromatic rings. The highest BCUT2D eigenvalue weighted by atomic mass is 127. The summed E-state index contributed by atoms with van der Waals surface area (Å²) in [5.74, 6) is 2.33. The monoisotopic (exact) mass is 445 g/mol. The molecule has 136 valence electrons. The van der Waals surface area contributed by atoms with Crippen molar-refractivity contribution in [2.24, 2.45) is 16.8 Å². The van der Waals surface area contributed by atoms with Crippen molar-refractivity contribution >= 4 is 29.9 Å². The van der Waals surface area contributed by atoms with Crippen LogP contribution in [0.2, 0.25) is 0 Å². The topological polar surface area (TPSA) is 47.9 Å². The molecule has 0 spiro atoms. The first-order chi connectivity index (χ1) is 11.1. The Balaban J connectivity index is 0.00000288. The van der Waals surface area contributed by atoms with Crippen LogP contribution in [0.25, 0.3) is 0 Å². The van der Waals surface area contributed by atoms with Gasteiger partial charge in [-0.15, -0.1) is 24.0 Å². The van der Waals surface area contributed by atoms with Crippen molar-refractivity contribution in [1.29, 1.82) is 0 Å². The maximum atomic E-state index is 10.3. The van der Waals surface area contributed by atoms with Gasteiger partial charge < -0.3 is 15.3 Å². The Morgan fingerprint density at radius 1 is 1.25 bits per heavy atom. The van der Waals surface area contributed by atoms with Crippen LogP contribution in [0.1, 0.15) is 32.8 Å². The summed E-state index contributed by atoms with van der Waals surface area (Å²) >= 11 is 0. The Morgan fingerprint density at radius 3 is 2.46 bits per heavy atom. The minimum Gasteiger partial charge on any atom is -0.391 e. The predicted octanol–water partition coefficient (Wildman–Crippen LogP) is 3.15. The molecule has 1 heterocycles. The number of hydrogen-bond acceptors (Lipinski definition) is 2. The summed E-state index contributed by atoms with van der Waals surface area (Å²) in [5, 5.41) is 13.6. The van der Waals surface area contributed by atoms with E-state index in [0.717, 1.165) is 31.2 Å². The van der Waals surface area contributed by atoms with E-state index in [2.05, 4.69) is 36.0 Å². The van der Waals surface area contributed by atoms with Gasteiger partial charge in [0.25, 0.3) is 0 Å². The number of benzene rings is 1. The Hall–Kier alpha value is -0.820. The number of nitrogens with one attached hydrogen (secondary N) is 1. The third-order valence-electron chi connectivity index (χ3n) is 4.27. The van der Waals surface area contributed by atoms with Gasteiger partial charge in [-0.25, -0.2) is 0 Å². The molecule has 0 aromatic heterocycles. The van der Waals surface area contributed by atoms with Crippen LogP contribution in [0.15, 0.2) is 35.3 Å². The number of guanidine groups is 1. The molecule has 3 unspecified atom stereocenters. The van der Waals surface area contributed by atoms with Gasteiger partial charge >= 0.3 is 0 Å². The number of rotatable bonds is 5. The lowest BCUT2D eigenvalue weighted by Crippen LogP contribution is -2.48. The second kappa shape index (κ2) is 10.9. The number of aliphatic imine (C=N–C) groups is 1. The summed E-state index contributed by atoms with van der Waals surface area (Å²) in [5.41, 5.74) is 1.15. The summed E-state index contributed by atoms with van der Waals surface area (Å²) in [6.07, 6.45) is 1.49. The lowest BCUT2D eigenvalue weighted by Gasteiger charge is -2.37. The van der Waals surface area contributed by atoms with Gasteiger partial charge in [0.2, 0.25) is 0 Å². The Labute approximate surface area is 163 Å². The summed E-state index contributed by atoms with van der Waals surface area (Å²) in [6.45, 7) is 10.1. The maximum Gasteiger partial charge on any atom is 0.194 e. The van der Waals surface area contributed by atoms with E-state index in [1.807, 2.05) is 30.3 Å². The van der Waals surface area contributed by atoms with Crippen LogP contribution in [-0.4, -0.2) is 48.2 Å². The first-order valence-electron chi connectivity index (χ1n) is 8.83. The van der Waals surface area contributed by atoms with E-state index in [1.165, 1.54) is 6.42 Å². The number of piperidine rings is 1. The van der Waals surface area contributed by atoms with E-state index < -0.39 is 6.10 Å². The van der Waals surface area contributed by atoms with Gasteiger partial charge in [0.1, 0.15) is 0 Å². The van der Waals surface area contributed by atoms with Crippen molar-refractivity contribution in [2.75, 3.05) is 26.2 Å². The van der Waals surface area contributed by atoms with Crippen LogP contribution in [0.5, 0.6) is 0 Å². The smallest absolute Gasteiger partial charge is 0.194 e. The SMILES string of the molecule is CCNC(=NCC(O)Cc1ccccc1)N1CC(C)CC(C)C1.I. The molecule has 4 nitrogen and oxygen atoms in total. The number of aliphatic hydroxyl groups is 1. The highest BCUT2D eigenvalue weighted by Crippen LogP contribution is 2.20. The molecular formula is C19H32IN3O. The standard InChI is InChI=1S/C19H31N3O.HI/c1-4-20-19(22-13-15(2)10-16(3)14-22)21-12-18(23)11-17-8-6-5-7-9-17;/h5-9,15-16,18,23H,4,10-14H2,1-3H3,(H,20,21);1H. The zero-order chi connectivity index (χ0) is 16.7. The second-order valence-corrected chi connectivity index (χ2v) is 6.89. The lowest BCUT2D eigenvalue weighted by atomic mass is 9.92. The van der Waals surface area contributed by atoms with Crippen LogP contribution in [-0.2, 0) is 6.42 Å². The van der Waals surface area contributed by atoms with Gasteiger partial charge in [0.05, 0.1) is 12.6 Å². The summed E-state index contributed by atoms with van der Waals surface area (Å²) in [4.78, 5) is 7.03. The van der Waals surface area contributed by atoms with Crippen molar-refractivity contribution in [3.8, 4) is 0 Å². The van der Waals surface area contributed by atoms with E-state index in [9.17, 15) is 5.11 Å². The minimum absolute atomic E-state index is 0. The molecule has 0 aliphatic carbocycles. The van der Waals surface area contributed by atoms with Crippen LogP contribution >= 0.6 is 24.0 Å². The van der Waals surface area contributed by atoms with Gasteiger partial charge in [-0.05, 0) is 30.7 Å². The summed E-state index contributed by atoms with van der Waals surface area (Å²) in [7, 11) is 0. The molecule has 1 aliphatic heterocycles. The Morgan fingerprint density at radius 2 is 1.88 bits per heavy atom. The lowest BCUT2D eigenvalue weighted by molar-refractivity contribution is 0.180. The first-order valence-corrected chi connectivity index (χ1v) is 8.83. The largest absolute Gasteiger partial charge is 0.391 e. The first kappa shape index (κ1) is 21.2. The van der Waals surface area contributed by atoms with Crippen molar-refractivity contribution in [3.63, 3.8) is 0 Å². The van der Waals surface area contributed by atoms with Gasteiger partial charge in [0, 0.05) is 26.1 Å². The number of halogens is 1. The Kier molecular flexibility index (Phi) is 9.66. The number of aliphatic hydroxyl groups excluding tert-OH is 1. The van der Waals surface area contributed by atoms with Crippen molar-refractivity contribution in [3.05, 3.63) is 35.9 Å². The molecule has 1 fully saturated rings. The molecule has 2 rings (SSSR count). The Bertz CT molecular complexity index is 485. The quantitative estimate of drug-likeness (QED) is 0.416. The average Bonchev–Trinajstić information content (AvgIpc) is 2.51. The fraction of sp³-hybridized carbons (Fsp3) is 0.632. The predicted molar refractivity (Wildman–Crippen MR) is 112 cm³/mol. The fourth-order valence-corrected chi connectivity index (χ4v) is 3.40. The summed E-state index contributed by atoms with van der Waals surface area (Å²) < 4.78 is 0. The van der Waals surface area contributed by atoms with Gasteiger partial charge in [0.15, 0.2) is 5.96 Å². The third kappa shape index (κ3) is 6.97. The van der Waals surface area contributed by atoms with Crippen LogP contribution in [0.4, 0.5) is 0 Å². The van der Waals surface area contributed by atoms with E-state index in [-0.39, 0.29) is 24.0 Å². The zero-order valence-corrected chi connectivity index (χ0v) is 17.4. The van der Waals surface area contributed by atoms with Crippen LogP contribution in [0.3, 0.4) is 0 Å². The zero-order valence-electron chi connectivity index (χ0n) is 15.1. The van der Waals surface area contributed by atoms with Crippen LogP contribution in [0, 0.1) is 11.8 Å². The number of likely N-dealkylation sites (tertiary alicyclic amines) is 1. The molecule has 0 saturated carbocycles. The molecule has 3 atom stereocenters. The van der Waals surface area contributed by atoms with E-state index >= 15 is 0 Å². The fourth-order valence-electron chi connectivity index (χ4n) is 3.40.